The van der Waals surface area contributed by atoms with Crippen LogP contribution in [0, 0.1) is 5.92 Å². The molecule has 6 heteroatoms. The third kappa shape index (κ3) is 3.23. The summed E-state index contributed by atoms with van der Waals surface area (Å²) in [6.07, 6.45) is 3.87. The molecule has 0 aromatic heterocycles. The van der Waals surface area contributed by atoms with Gasteiger partial charge in [0.05, 0.1) is 0 Å². The Morgan fingerprint density at radius 1 is 1.47 bits per heavy atom. The van der Waals surface area contributed by atoms with Crippen molar-refractivity contribution in [2.75, 3.05) is 30.9 Å². The Morgan fingerprint density at radius 2 is 2.24 bits per heavy atom. The molecule has 17 heavy (non-hydrogen) atoms. The van der Waals surface area contributed by atoms with Crippen molar-refractivity contribution < 1.29 is 13.2 Å². The van der Waals surface area contributed by atoms with Crippen molar-refractivity contribution in [1.29, 1.82) is 0 Å². The minimum absolute atomic E-state index is 0.0716. The van der Waals surface area contributed by atoms with E-state index < -0.39 is 15.2 Å². The van der Waals surface area contributed by atoms with Gasteiger partial charge in [-0.15, -0.1) is 0 Å². The lowest BCUT2D eigenvalue weighted by Gasteiger charge is -2.35. The van der Waals surface area contributed by atoms with Crippen LogP contribution in [0.15, 0.2) is 0 Å². The lowest BCUT2D eigenvalue weighted by atomic mass is 10.1. The molecule has 0 aromatic carbocycles. The number of sulfone groups is 1. The van der Waals surface area contributed by atoms with E-state index in [-0.39, 0.29) is 5.92 Å². The fourth-order valence-corrected chi connectivity index (χ4v) is 5.54. The van der Waals surface area contributed by atoms with E-state index in [0.29, 0.717) is 24.5 Å². The highest BCUT2D eigenvalue weighted by atomic mass is 32.2. The maximum Gasteiger partial charge on any atom is 0.164 e. The van der Waals surface area contributed by atoms with Crippen LogP contribution >= 0.6 is 11.8 Å². The quantitative estimate of drug-likeness (QED) is 0.763. The van der Waals surface area contributed by atoms with E-state index in [1.54, 1.807) is 11.8 Å². The fraction of sp³-hybridized carbons (Fsp3) is 0.909. The van der Waals surface area contributed by atoms with Crippen LogP contribution in [-0.4, -0.2) is 55.3 Å². The highest BCUT2D eigenvalue weighted by molar-refractivity contribution is 8.00. The minimum atomic E-state index is -3.04. The zero-order valence-electron chi connectivity index (χ0n) is 10.1. The van der Waals surface area contributed by atoms with Gasteiger partial charge in [-0.2, -0.15) is 11.8 Å². The smallest absolute Gasteiger partial charge is 0.164 e. The van der Waals surface area contributed by atoms with Gasteiger partial charge >= 0.3 is 0 Å². The molecule has 0 bridgehead atoms. The summed E-state index contributed by atoms with van der Waals surface area (Å²) in [6.45, 7) is 1.42. The number of ketones is 1. The lowest BCUT2D eigenvalue weighted by molar-refractivity contribution is -0.121. The first-order valence-corrected chi connectivity index (χ1v) is 9.13. The van der Waals surface area contributed by atoms with Crippen LogP contribution in [0.5, 0.6) is 0 Å². The van der Waals surface area contributed by atoms with Crippen LogP contribution in [0.4, 0.5) is 0 Å². The second-order valence-electron chi connectivity index (χ2n) is 4.91. The first kappa shape index (κ1) is 13.4. The number of thioether (sulfide) groups is 1. The number of nitrogens with zero attached hydrogens (tertiary/aromatic N) is 1. The summed E-state index contributed by atoms with van der Waals surface area (Å²) >= 11 is 1.69. The summed E-state index contributed by atoms with van der Waals surface area (Å²) in [6, 6.07) is 0. The van der Waals surface area contributed by atoms with Crippen LogP contribution < -0.4 is 0 Å². The van der Waals surface area contributed by atoms with Gasteiger partial charge in [0.1, 0.15) is 11.2 Å². The molecule has 2 unspecified atom stereocenters. The summed E-state index contributed by atoms with van der Waals surface area (Å²) in [7, 11) is -3.04. The molecule has 4 nitrogen and oxygen atoms in total. The standard InChI is InChI=1S/C11H19NO3S2/c1-17(14,15)11-8-16-6-5-12(11)7-9-3-2-4-10(9)13/h9,11H,2-8H2,1H3. The van der Waals surface area contributed by atoms with Gasteiger partial charge in [-0.25, -0.2) is 8.42 Å². The van der Waals surface area contributed by atoms with Crippen molar-refractivity contribution in [3.63, 3.8) is 0 Å². The van der Waals surface area contributed by atoms with Gasteiger partial charge in [-0.05, 0) is 12.8 Å². The Balaban J connectivity index is 2.04. The van der Waals surface area contributed by atoms with E-state index in [4.69, 9.17) is 0 Å². The number of rotatable bonds is 3. The van der Waals surface area contributed by atoms with E-state index in [0.717, 1.165) is 25.1 Å². The molecular weight excluding hydrogens is 258 g/mol. The summed E-state index contributed by atoms with van der Waals surface area (Å²) in [5.41, 5.74) is 0. The summed E-state index contributed by atoms with van der Waals surface area (Å²) < 4.78 is 23.4. The molecule has 1 aliphatic heterocycles. The van der Waals surface area contributed by atoms with E-state index in [9.17, 15) is 13.2 Å². The monoisotopic (exact) mass is 277 g/mol. The third-order valence-electron chi connectivity index (χ3n) is 3.57. The van der Waals surface area contributed by atoms with Crippen LogP contribution in [0.2, 0.25) is 0 Å². The first-order chi connectivity index (χ1) is 7.98. The summed E-state index contributed by atoms with van der Waals surface area (Å²) in [5, 5.41) is -0.394. The van der Waals surface area contributed by atoms with E-state index in [2.05, 4.69) is 0 Å². The van der Waals surface area contributed by atoms with Crippen LogP contribution in [0.3, 0.4) is 0 Å². The zero-order valence-corrected chi connectivity index (χ0v) is 11.7. The SMILES string of the molecule is CS(=O)(=O)C1CSCCN1CC1CCCC1=O. The van der Waals surface area contributed by atoms with Gasteiger partial charge < -0.3 is 0 Å². The maximum absolute atomic E-state index is 11.7. The molecule has 0 amide bonds. The van der Waals surface area contributed by atoms with Gasteiger partial charge in [-0.1, -0.05) is 0 Å². The molecule has 98 valence electrons. The van der Waals surface area contributed by atoms with Crippen molar-refractivity contribution in [2.24, 2.45) is 5.92 Å². The van der Waals surface area contributed by atoms with Gasteiger partial charge in [-0.3, -0.25) is 9.69 Å². The second kappa shape index (κ2) is 5.28. The molecule has 2 atom stereocenters. The molecule has 1 saturated heterocycles. The normalized spacial score (nSPS) is 31.9. The molecule has 2 rings (SSSR count). The minimum Gasteiger partial charge on any atom is -0.299 e. The predicted molar refractivity (Wildman–Crippen MR) is 69.9 cm³/mol. The molecule has 0 radical (unpaired) electrons. The molecule has 0 spiro atoms. The lowest BCUT2D eigenvalue weighted by Crippen LogP contribution is -2.49. The second-order valence-corrected chi connectivity index (χ2v) is 8.26. The molecule has 0 aromatic rings. The van der Waals surface area contributed by atoms with E-state index in [1.807, 2.05) is 4.90 Å². The Kier molecular flexibility index (Phi) is 4.15. The highest BCUT2D eigenvalue weighted by Crippen LogP contribution is 2.26. The third-order valence-corrected chi connectivity index (χ3v) is 6.26. The number of Topliss-reactive ketones (excluding diaryl/α,β-unsaturated/α-hetero) is 1. The predicted octanol–water partition coefficient (Wildman–Crippen LogP) is 0.775. The van der Waals surface area contributed by atoms with E-state index >= 15 is 0 Å². The first-order valence-electron chi connectivity index (χ1n) is 6.02. The molecule has 2 fully saturated rings. The number of hydrogen-bond donors (Lipinski definition) is 0. The molecular formula is C11H19NO3S2. The Hall–Kier alpha value is -0.0700. The Morgan fingerprint density at radius 3 is 2.82 bits per heavy atom. The number of carbonyl (C=O) groups excluding carboxylic acids is 1. The molecule has 1 saturated carbocycles. The van der Waals surface area contributed by atoms with Gasteiger partial charge in [0.15, 0.2) is 9.84 Å². The summed E-state index contributed by atoms with van der Waals surface area (Å²) in [4.78, 5) is 13.6. The van der Waals surface area contributed by atoms with Crippen LogP contribution in [-0.2, 0) is 14.6 Å². The molecule has 1 heterocycles. The highest BCUT2D eigenvalue weighted by Gasteiger charge is 2.34. The Labute approximate surface area is 107 Å². The topological polar surface area (TPSA) is 54.5 Å². The van der Waals surface area contributed by atoms with Gasteiger partial charge in [0, 0.05) is 43.2 Å². The number of carbonyl (C=O) groups is 1. The van der Waals surface area contributed by atoms with Crippen molar-refractivity contribution in [2.45, 2.75) is 24.6 Å². The van der Waals surface area contributed by atoms with E-state index in [1.165, 1.54) is 6.26 Å². The van der Waals surface area contributed by atoms with Crippen LogP contribution in [0.1, 0.15) is 19.3 Å². The van der Waals surface area contributed by atoms with Gasteiger partial charge in [0.2, 0.25) is 0 Å². The Bertz CT molecular complexity index is 394. The number of hydrogen-bond acceptors (Lipinski definition) is 5. The van der Waals surface area contributed by atoms with Crippen molar-refractivity contribution >= 4 is 27.4 Å². The maximum atomic E-state index is 11.7. The van der Waals surface area contributed by atoms with Crippen molar-refractivity contribution in [3.8, 4) is 0 Å². The largest absolute Gasteiger partial charge is 0.299 e. The fourth-order valence-electron chi connectivity index (χ4n) is 2.58. The average Bonchev–Trinajstić information content (AvgIpc) is 2.64. The van der Waals surface area contributed by atoms with Crippen molar-refractivity contribution in [3.05, 3.63) is 0 Å². The molecule has 2 aliphatic rings. The van der Waals surface area contributed by atoms with Crippen molar-refractivity contribution in [1.82, 2.24) is 4.90 Å². The molecule has 1 aliphatic carbocycles. The molecule has 0 N–H and O–H groups in total. The van der Waals surface area contributed by atoms with Crippen LogP contribution in [0.25, 0.3) is 0 Å². The van der Waals surface area contributed by atoms with Gasteiger partial charge in [0.25, 0.3) is 0 Å². The average molecular weight is 277 g/mol. The summed E-state index contributed by atoms with van der Waals surface area (Å²) in [5.74, 6) is 1.99. The zero-order chi connectivity index (χ0) is 12.5.